The van der Waals surface area contributed by atoms with Gasteiger partial charge in [0.2, 0.25) is 0 Å². The van der Waals surface area contributed by atoms with Crippen LogP contribution < -0.4 is 0 Å². The van der Waals surface area contributed by atoms with Crippen LogP contribution in [0.4, 0.5) is 0 Å². The Morgan fingerprint density at radius 2 is 2.00 bits per heavy atom. The molecule has 6 unspecified atom stereocenters. The highest BCUT2D eigenvalue weighted by Crippen LogP contribution is 2.68. The lowest BCUT2D eigenvalue weighted by Gasteiger charge is -2.69. The first-order chi connectivity index (χ1) is 8.38. The standard InChI is InChI=1S/C16H28O2/c1-5-15(3,4)14(17)18-16-8-10(2)6-11-7-12(9-16)13(11)16/h10-14,17H,5-9H2,1-4H3. The van der Waals surface area contributed by atoms with Gasteiger partial charge >= 0.3 is 0 Å². The molecule has 0 radical (unpaired) electrons. The Morgan fingerprint density at radius 3 is 2.61 bits per heavy atom. The summed E-state index contributed by atoms with van der Waals surface area (Å²) in [5.74, 6) is 3.35. The first-order valence-corrected chi connectivity index (χ1v) is 7.74. The maximum Gasteiger partial charge on any atom is 0.160 e. The van der Waals surface area contributed by atoms with Crippen LogP contribution in [0, 0.1) is 29.1 Å². The molecule has 2 heteroatoms. The fourth-order valence-electron chi connectivity index (χ4n) is 4.74. The van der Waals surface area contributed by atoms with Crippen molar-refractivity contribution in [2.45, 2.75) is 71.7 Å². The Kier molecular flexibility index (Phi) is 2.84. The van der Waals surface area contributed by atoms with Gasteiger partial charge in [-0.15, -0.1) is 0 Å². The smallest absolute Gasteiger partial charge is 0.160 e. The fraction of sp³-hybridized carbons (Fsp3) is 1.00. The molecule has 0 aromatic heterocycles. The average Bonchev–Trinajstić information content (AvgIpc) is 2.23. The van der Waals surface area contributed by atoms with Gasteiger partial charge in [0.05, 0.1) is 5.60 Å². The quantitative estimate of drug-likeness (QED) is 0.775. The van der Waals surface area contributed by atoms with Crippen molar-refractivity contribution in [3.05, 3.63) is 0 Å². The van der Waals surface area contributed by atoms with E-state index in [1.54, 1.807) is 0 Å². The fourth-order valence-corrected chi connectivity index (χ4v) is 4.74. The van der Waals surface area contributed by atoms with Gasteiger partial charge in [-0.2, -0.15) is 0 Å². The molecule has 6 atom stereocenters. The molecule has 3 rings (SSSR count). The summed E-state index contributed by atoms with van der Waals surface area (Å²) in [5.41, 5.74) is -0.0864. The normalized spacial score (nSPS) is 47.8. The summed E-state index contributed by atoms with van der Waals surface area (Å²) in [6.07, 6.45) is 5.54. The Labute approximate surface area is 111 Å². The van der Waals surface area contributed by atoms with Gasteiger partial charge in [0.1, 0.15) is 0 Å². The zero-order valence-electron chi connectivity index (χ0n) is 12.3. The van der Waals surface area contributed by atoms with Gasteiger partial charge < -0.3 is 9.84 Å². The van der Waals surface area contributed by atoms with Crippen LogP contribution in [0.25, 0.3) is 0 Å². The van der Waals surface area contributed by atoms with Crippen molar-refractivity contribution in [2.75, 3.05) is 0 Å². The molecule has 0 aliphatic heterocycles. The van der Waals surface area contributed by atoms with Crippen LogP contribution in [-0.2, 0) is 4.74 Å². The van der Waals surface area contributed by atoms with Crippen LogP contribution in [-0.4, -0.2) is 17.0 Å². The summed E-state index contributed by atoms with van der Waals surface area (Å²) in [5, 5.41) is 10.4. The minimum absolute atomic E-state index is 0.0388. The second-order valence-corrected chi connectivity index (χ2v) is 7.91. The van der Waals surface area contributed by atoms with Crippen molar-refractivity contribution in [3.8, 4) is 0 Å². The van der Waals surface area contributed by atoms with Crippen LogP contribution in [0.3, 0.4) is 0 Å². The van der Waals surface area contributed by atoms with E-state index in [1.165, 1.54) is 25.7 Å². The number of hydrogen-bond donors (Lipinski definition) is 1. The van der Waals surface area contributed by atoms with E-state index < -0.39 is 6.29 Å². The topological polar surface area (TPSA) is 29.5 Å². The lowest BCUT2D eigenvalue weighted by atomic mass is 9.40. The second kappa shape index (κ2) is 3.96. The van der Waals surface area contributed by atoms with Crippen LogP contribution in [0.5, 0.6) is 0 Å². The van der Waals surface area contributed by atoms with Crippen LogP contribution in [0.15, 0.2) is 0 Å². The Morgan fingerprint density at radius 1 is 1.28 bits per heavy atom. The van der Waals surface area contributed by atoms with E-state index in [1.807, 2.05) is 0 Å². The summed E-state index contributed by atoms with van der Waals surface area (Å²) in [6, 6.07) is 0. The molecule has 0 heterocycles. The predicted octanol–water partition coefficient (Wildman–Crippen LogP) is 3.58. The molecule has 0 aromatic carbocycles. The number of ether oxygens (including phenoxy) is 1. The van der Waals surface area contributed by atoms with E-state index in [2.05, 4.69) is 27.7 Å². The molecule has 0 spiro atoms. The highest BCUT2D eigenvalue weighted by atomic mass is 16.6. The number of aliphatic hydroxyl groups excluding tert-OH is 1. The monoisotopic (exact) mass is 252 g/mol. The van der Waals surface area contributed by atoms with Gasteiger partial charge in [-0.1, -0.05) is 27.7 Å². The van der Waals surface area contributed by atoms with E-state index in [-0.39, 0.29) is 11.0 Å². The molecule has 18 heavy (non-hydrogen) atoms. The summed E-state index contributed by atoms with van der Waals surface area (Å²) < 4.78 is 6.26. The van der Waals surface area contributed by atoms with Gasteiger partial charge in [-0.25, -0.2) is 0 Å². The van der Waals surface area contributed by atoms with Gasteiger partial charge in [0.25, 0.3) is 0 Å². The Hall–Kier alpha value is -0.0800. The molecule has 3 fully saturated rings. The first-order valence-electron chi connectivity index (χ1n) is 7.74. The minimum Gasteiger partial charge on any atom is -0.367 e. The third-order valence-electron chi connectivity index (χ3n) is 6.16. The van der Waals surface area contributed by atoms with Crippen molar-refractivity contribution in [1.82, 2.24) is 0 Å². The SMILES string of the molecule is CCC(C)(C)C(O)OC12CC(C)CC3CC(C1)C32. The molecule has 0 bridgehead atoms. The van der Waals surface area contributed by atoms with Crippen LogP contribution in [0.1, 0.15) is 59.8 Å². The summed E-state index contributed by atoms with van der Waals surface area (Å²) in [7, 11) is 0. The molecular formula is C16H28O2. The van der Waals surface area contributed by atoms with Crippen molar-refractivity contribution < 1.29 is 9.84 Å². The van der Waals surface area contributed by atoms with E-state index in [0.29, 0.717) is 0 Å². The van der Waals surface area contributed by atoms with Crippen LogP contribution in [0.2, 0.25) is 0 Å². The van der Waals surface area contributed by atoms with Crippen molar-refractivity contribution in [1.29, 1.82) is 0 Å². The molecule has 2 nitrogen and oxygen atoms in total. The molecule has 1 N–H and O–H groups in total. The van der Waals surface area contributed by atoms with E-state index in [9.17, 15) is 5.11 Å². The van der Waals surface area contributed by atoms with Gasteiger partial charge in [0.15, 0.2) is 6.29 Å². The summed E-state index contributed by atoms with van der Waals surface area (Å²) in [4.78, 5) is 0. The maximum absolute atomic E-state index is 10.4. The lowest BCUT2D eigenvalue weighted by Crippen LogP contribution is -2.69. The number of hydrogen-bond acceptors (Lipinski definition) is 2. The highest BCUT2D eigenvalue weighted by Gasteiger charge is 2.67. The molecule has 3 aliphatic rings. The largest absolute Gasteiger partial charge is 0.367 e. The zero-order chi connectivity index (χ0) is 13.1. The molecule has 3 saturated carbocycles. The third-order valence-corrected chi connectivity index (χ3v) is 6.16. The molecular weight excluding hydrogens is 224 g/mol. The van der Waals surface area contributed by atoms with Crippen LogP contribution >= 0.6 is 0 Å². The minimum atomic E-state index is -0.602. The predicted molar refractivity (Wildman–Crippen MR) is 72.0 cm³/mol. The number of rotatable bonds is 4. The van der Waals surface area contributed by atoms with Gasteiger partial charge in [-0.05, 0) is 55.8 Å². The van der Waals surface area contributed by atoms with Gasteiger partial charge in [-0.3, -0.25) is 0 Å². The van der Waals surface area contributed by atoms with Crippen molar-refractivity contribution >= 4 is 0 Å². The Balaban J connectivity index is 1.72. The molecule has 104 valence electrons. The van der Waals surface area contributed by atoms with Gasteiger partial charge in [0, 0.05) is 5.41 Å². The average molecular weight is 252 g/mol. The first kappa shape index (κ1) is 12.9. The molecule has 0 saturated heterocycles. The second-order valence-electron chi connectivity index (χ2n) is 7.91. The third kappa shape index (κ3) is 1.68. The maximum atomic E-state index is 10.4. The molecule has 0 aromatic rings. The zero-order valence-corrected chi connectivity index (χ0v) is 12.3. The Bertz CT molecular complexity index is 338. The lowest BCUT2D eigenvalue weighted by molar-refractivity contribution is -0.339. The molecule has 3 aliphatic carbocycles. The van der Waals surface area contributed by atoms with Crippen molar-refractivity contribution in [3.63, 3.8) is 0 Å². The van der Waals surface area contributed by atoms with E-state index in [0.717, 1.165) is 30.1 Å². The summed E-state index contributed by atoms with van der Waals surface area (Å²) >= 11 is 0. The van der Waals surface area contributed by atoms with Crippen molar-refractivity contribution in [2.24, 2.45) is 29.1 Å². The summed E-state index contributed by atoms with van der Waals surface area (Å²) in [6.45, 7) is 8.69. The van der Waals surface area contributed by atoms with E-state index in [4.69, 9.17) is 4.74 Å². The highest BCUT2D eigenvalue weighted by molar-refractivity contribution is 5.16. The van der Waals surface area contributed by atoms with E-state index >= 15 is 0 Å². The molecule has 0 amide bonds. The number of aliphatic hydroxyl groups is 1.